The molecule has 4 N–H and O–H groups in total. The van der Waals surface area contributed by atoms with E-state index in [1.165, 1.54) is 0 Å². The molecule has 0 aromatic carbocycles. The summed E-state index contributed by atoms with van der Waals surface area (Å²) in [6, 6.07) is -1.54. The first kappa shape index (κ1) is 48.4. The van der Waals surface area contributed by atoms with E-state index in [0.29, 0.717) is 12.8 Å². The zero-order valence-corrected chi connectivity index (χ0v) is 32.0. The van der Waals surface area contributed by atoms with Crippen LogP contribution in [0.3, 0.4) is 0 Å². The number of rotatable bonds is 32. The highest BCUT2D eigenvalue weighted by Crippen LogP contribution is 2.43. The highest BCUT2D eigenvalue weighted by Gasteiger charge is 2.28. The van der Waals surface area contributed by atoms with E-state index >= 15 is 0 Å². The molecule has 0 spiro atoms. The van der Waals surface area contributed by atoms with Crippen molar-refractivity contribution in [3.63, 3.8) is 0 Å². The first-order chi connectivity index (χ1) is 25.1. The lowest BCUT2D eigenvalue weighted by molar-refractivity contribution is -0.161. The lowest BCUT2D eigenvalue weighted by Gasteiger charge is -2.20. The van der Waals surface area contributed by atoms with Crippen molar-refractivity contribution in [2.75, 3.05) is 19.8 Å². The fourth-order valence-corrected chi connectivity index (χ4v) is 4.92. The SMILES string of the molecule is CC/C=C/C=C/C=C/C=C/C=C/CCCCCC(=O)OCC(COP(=O)(O)OC[C@H](N)C(=O)O)OC(=O)CCCCCCC/C=C/C=C/C=C/CC. The lowest BCUT2D eigenvalue weighted by atomic mass is 10.1. The molecule has 0 heterocycles. The quantitative estimate of drug-likeness (QED) is 0.0260. The standard InChI is InChI=1S/C40H62NO10P/c1-3-5-7-9-11-13-15-17-18-20-21-23-25-27-29-31-38(42)48-33-36(34-49-52(46,47)50-35-37(41)40(44)45)51-39(43)32-30-28-26-24-22-19-16-14-12-10-8-6-4-2/h5-18,20-21,36-37H,3-4,19,22-35,41H2,1-2H3,(H,44,45)(H,46,47)/b7-5+,8-6+,11-9+,12-10+,15-13+,16-14+,18-17+,21-20+/t36?,37-/m0/s1. The number of phosphoric acid groups is 1. The average molecular weight is 748 g/mol. The van der Waals surface area contributed by atoms with Crippen LogP contribution in [0.1, 0.15) is 104 Å². The number of nitrogens with two attached hydrogens (primary N) is 1. The van der Waals surface area contributed by atoms with Crippen LogP contribution in [0, 0.1) is 0 Å². The molecule has 0 fully saturated rings. The monoisotopic (exact) mass is 747 g/mol. The predicted molar refractivity (Wildman–Crippen MR) is 207 cm³/mol. The van der Waals surface area contributed by atoms with Gasteiger partial charge in [-0.3, -0.25) is 23.4 Å². The van der Waals surface area contributed by atoms with Crippen molar-refractivity contribution in [1.82, 2.24) is 0 Å². The number of allylic oxidation sites excluding steroid dienone is 16. The second kappa shape index (κ2) is 34.5. The van der Waals surface area contributed by atoms with Crippen LogP contribution in [-0.2, 0) is 37.5 Å². The molecule has 0 aromatic heterocycles. The van der Waals surface area contributed by atoms with Gasteiger partial charge in [-0.1, -0.05) is 137 Å². The van der Waals surface area contributed by atoms with Crippen molar-refractivity contribution in [2.24, 2.45) is 5.73 Å². The van der Waals surface area contributed by atoms with Crippen LogP contribution >= 0.6 is 7.82 Å². The number of aliphatic carboxylic acids is 1. The highest BCUT2D eigenvalue weighted by molar-refractivity contribution is 7.47. The Bertz CT molecular complexity index is 1250. The zero-order chi connectivity index (χ0) is 38.5. The number of carbonyl (C=O) groups is 3. The third-order valence-electron chi connectivity index (χ3n) is 7.02. The van der Waals surface area contributed by atoms with E-state index in [4.69, 9.17) is 24.8 Å². The predicted octanol–water partition coefficient (Wildman–Crippen LogP) is 8.94. The number of phosphoric ester groups is 1. The van der Waals surface area contributed by atoms with Crippen LogP contribution in [0.5, 0.6) is 0 Å². The number of esters is 2. The van der Waals surface area contributed by atoms with Crippen molar-refractivity contribution in [3.05, 3.63) is 97.2 Å². The van der Waals surface area contributed by atoms with Crippen LogP contribution in [0.4, 0.5) is 0 Å². The molecule has 0 aliphatic carbocycles. The van der Waals surface area contributed by atoms with E-state index in [0.717, 1.165) is 64.2 Å². The van der Waals surface area contributed by atoms with Gasteiger partial charge in [0.2, 0.25) is 0 Å². The Hall–Kier alpha value is -3.60. The largest absolute Gasteiger partial charge is 0.480 e. The maximum atomic E-state index is 12.5. The van der Waals surface area contributed by atoms with Gasteiger partial charge in [0.25, 0.3) is 0 Å². The average Bonchev–Trinajstić information content (AvgIpc) is 3.12. The molecule has 0 radical (unpaired) electrons. The van der Waals surface area contributed by atoms with Crippen molar-refractivity contribution >= 4 is 25.7 Å². The van der Waals surface area contributed by atoms with Gasteiger partial charge in [0, 0.05) is 12.8 Å². The fourth-order valence-electron chi connectivity index (χ4n) is 4.14. The van der Waals surface area contributed by atoms with Gasteiger partial charge in [-0.15, -0.1) is 0 Å². The molecule has 11 nitrogen and oxygen atoms in total. The molecule has 292 valence electrons. The number of carbonyl (C=O) groups excluding carboxylic acids is 2. The number of ether oxygens (including phenoxy) is 2. The molecule has 52 heavy (non-hydrogen) atoms. The second-order valence-corrected chi connectivity index (χ2v) is 13.2. The van der Waals surface area contributed by atoms with E-state index < -0.39 is 51.1 Å². The van der Waals surface area contributed by atoms with Crippen molar-refractivity contribution in [3.8, 4) is 0 Å². The van der Waals surface area contributed by atoms with Crippen LogP contribution in [-0.4, -0.2) is 59.9 Å². The molecule has 0 saturated carbocycles. The summed E-state index contributed by atoms with van der Waals surface area (Å²) in [6.45, 7) is 2.41. The van der Waals surface area contributed by atoms with Crippen molar-refractivity contribution in [1.29, 1.82) is 0 Å². The fraction of sp³-hybridized carbons (Fsp3) is 0.525. The minimum atomic E-state index is -4.73. The Morgan fingerprint density at radius 2 is 1.02 bits per heavy atom. The van der Waals surface area contributed by atoms with E-state index in [-0.39, 0.29) is 19.4 Å². The number of hydrogen-bond acceptors (Lipinski definition) is 9. The summed E-state index contributed by atoms with van der Waals surface area (Å²) in [7, 11) is -4.73. The highest BCUT2D eigenvalue weighted by atomic mass is 31.2. The van der Waals surface area contributed by atoms with Crippen molar-refractivity contribution < 1.29 is 47.5 Å². The third kappa shape index (κ3) is 33.5. The first-order valence-electron chi connectivity index (χ1n) is 18.4. The van der Waals surface area contributed by atoms with Gasteiger partial charge >= 0.3 is 25.7 Å². The van der Waals surface area contributed by atoms with E-state index in [2.05, 4.69) is 42.7 Å². The third-order valence-corrected chi connectivity index (χ3v) is 7.97. The molecule has 0 saturated heterocycles. The van der Waals surface area contributed by atoms with Crippen LogP contribution < -0.4 is 5.73 Å². The molecule has 3 atom stereocenters. The van der Waals surface area contributed by atoms with Crippen LogP contribution in [0.2, 0.25) is 0 Å². The van der Waals surface area contributed by atoms with Gasteiger partial charge in [0.05, 0.1) is 13.2 Å². The van der Waals surface area contributed by atoms with Gasteiger partial charge < -0.3 is 25.2 Å². The molecule has 0 amide bonds. The zero-order valence-electron chi connectivity index (χ0n) is 31.1. The molecule has 0 bridgehead atoms. The van der Waals surface area contributed by atoms with E-state index in [1.54, 1.807) is 0 Å². The van der Waals surface area contributed by atoms with Gasteiger partial charge in [-0.05, 0) is 51.4 Å². The van der Waals surface area contributed by atoms with Crippen LogP contribution in [0.25, 0.3) is 0 Å². The molecule has 0 aliphatic heterocycles. The minimum absolute atomic E-state index is 0.121. The van der Waals surface area contributed by atoms with Gasteiger partial charge in [0.15, 0.2) is 6.10 Å². The van der Waals surface area contributed by atoms with E-state index in [1.807, 2.05) is 72.9 Å². The summed E-state index contributed by atoms with van der Waals surface area (Å²) < 4.78 is 32.5. The Labute approximate surface area is 311 Å². The molecular weight excluding hydrogens is 685 g/mol. The topological polar surface area (TPSA) is 172 Å². The molecular formula is C40H62NO10P. The van der Waals surface area contributed by atoms with E-state index in [9.17, 15) is 23.8 Å². The Balaban J connectivity index is 4.61. The molecule has 0 rings (SSSR count). The second-order valence-electron chi connectivity index (χ2n) is 11.8. The van der Waals surface area contributed by atoms with Gasteiger partial charge in [0.1, 0.15) is 12.6 Å². The molecule has 2 unspecified atom stereocenters. The number of carboxylic acids is 1. The van der Waals surface area contributed by atoms with Gasteiger partial charge in [-0.2, -0.15) is 0 Å². The lowest BCUT2D eigenvalue weighted by Crippen LogP contribution is -2.34. The Kier molecular flexibility index (Phi) is 32.1. The van der Waals surface area contributed by atoms with Crippen LogP contribution in [0.15, 0.2) is 97.2 Å². The number of unbranched alkanes of at least 4 members (excludes halogenated alkanes) is 8. The first-order valence-corrected chi connectivity index (χ1v) is 19.9. The Morgan fingerprint density at radius 3 is 1.54 bits per heavy atom. The summed E-state index contributed by atoms with van der Waals surface area (Å²) in [5, 5.41) is 8.85. The number of carboxylic acid groups (broad SMARTS) is 1. The Morgan fingerprint density at radius 1 is 0.596 bits per heavy atom. The maximum Gasteiger partial charge on any atom is 0.472 e. The molecule has 12 heteroatoms. The summed E-state index contributed by atoms with van der Waals surface area (Å²) in [5.74, 6) is -2.48. The smallest absolute Gasteiger partial charge is 0.472 e. The molecule has 0 aromatic rings. The summed E-state index contributed by atoms with van der Waals surface area (Å²) >= 11 is 0. The minimum Gasteiger partial charge on any atom is -0.480 e. The number of hydrogen-bond donors (Lipinski definition) is 3. The summed E-state index contributed by atoms with van der Waals surface area (Å²) in [6.07, 6.45) is 42.0. The molecule has 0 aliphatic rings. The summed E-state index contributed by atoms with van der Waals surface area (Å²) in [5.41, 5.74) is 5.31. The van der Waals surface area contributed by atoms with Gasteiger partial charge in [-0.25, -0.2) is 4.57 Å². The normalized spacial score (nSPS) is 15.0. The maximum absolute atomic E-state index is 12.5. The summed E-state index contributed by atoms with van der Waals surface area (Å²) in [4.78, 5) is 45.7. The van der Waals surface area contributed by atoms with Crippen molar-refractivity contribution in [2.45, 2.75) is 116 Å².